The fraction of sp³-hybridized carbons (Fsp3) is 0.429. The summed E-state index contributed by atoms with van der Waals surface area (Å²) in [7, 11) is 1.80. The predicted octanol–water partition coefficient (Wildman–Crippen LogP) is 2.41. The van der Waals surface area contributed by atoms with Crippen LogP contribution in [0.1, 0.15) is 28.1 Å². The summed E-state index contributed by atoms with van der Waals surface area (Å²) in [5.41, 5.74) is 2.01. The molecule has 0 radical (unpaired) electrons. The third kappa shape index (κ3) is 5.44. The number of hydrogen-bond donors (Lipinski definition) is 0. The van der Waals surface area contributed by atoms with E-state index in [0.717, 1.165) is 35.4 Å². The van der Waals surface area contributed by atoms with E-state index in [1.807, 2.05) is 43.3 Å². The van der Waals surface area contributed by atoms with Gasteiger partial charge in [0.1, 0.15) is 9.77 Å². The number of rotatable bonds is 8. The summed E-state index contributed by atoms with van der Waals surface area (Å²) in [6.07, 6.45) is 1.61. The smallest absolute Gasteiger partial charge is 0.350 e. The number of amides is 1. The third-order valence-electron chi connectivity index (χ3n) is 5.12. The van der Waals surface area contributed by atoms with E-state index in [0.29, 0.717) is 19.6 Å². The number of anilines is 1. The number of ether oxygens (including phenoxy) is 1. The molecule has 2 heterocycles. The zero-order chi connectivity index (χ0) is 22.6. The zero-order valence-electron chi connectivity index (χ0n) is 17.9. The number of esters is 1. The first-order valence-electron chi connectivity index (χ1n) is 9.95. The van der Waals surface area contributed by atoms with Crippen LogP contribution >= 0.6 is 11.3 Å². The van der Waals surface area contributed by atoms with Crippen molar-refractivity contribution in [3.05, 3.63) is 46.2 Å². The van der Waals surface area contributed by atoms with E-state index in [4.69, 9.17) is 4.74 Å². The van der Waals surface area contributed by atoms with Crippen LogP contribution in [0, 0.1) is 0 Å². The van der Waals surface area contributed by atoms with Gasteiger partial charge in [0.2, 0.25) is 10.0 Å². The van der Waals surface area contributed by atoms with Crippen LogP contribution in [0.3, 0.4) is 0 Å². The number of thiophene rings is 1. The van der Waals surface area contributed by atoms with Gasteiger partial charge in [-0.25, -0.2) is 13.2 Å². The Morgan fingerprint density at radius 3 is 2.32 bits per heavy atom. The van der Waals surface area contributed by atoms with Crippen molar-refractivity contribution in [2.75, 3.05) is 45.7 Å². The van der Waals surface area contributed by atoms with E-state index < -0.39 is 22.6 Å². The minimum atomic E-state index is -3.73. The fourth-order valence-corrected chi connectivity index (χ4v) is 6.08. The van der Waals surface area contributed by atoms with Crippen LogP contribution in [0.15, 0.2) is 40.6 Å². The standard InChI is InChI=1S/C21H27N3O5S2/c1-22(2)17-8-6-16(7-9-17)14-23(3)19(25)15-29-21(26)20-18(10-13-30-20)31(27,28)24-11-4-5-12-24/h6-10,13H,4-5,11-12,14-15H2,1-3H3. The second-order valence-corrected chi connectivity index (χ2v) is 10.4. The topological polar surface area (TPSA) is 87.2 Å². The third-order valence-corrected chi connectivity index (χ3v) is 8.09. The molecule has 0 saturated carbocycles. The molecule has 0 N–H and O–H groups in total. The largest absolute Gasteiger partial charge is 0.451 e. The van der Waals surface area contributed by atoms with Gasteiger partial charge >= 0.3 is 5.97 Å². The number of carbonyl (C=O) groups excluding carboxylic acids is 2. The minimum Gasteiger partial charge on any atom is -0.451 e. The molecule has 0 unspecified atom stereocenters. The second-order valence-electron chi connectivity index (χ2n) is 7.61. The average molecular weight is 466 g/mol. The van der Waals surface area contributed by atoms with Gasteiger partial charge in [0.05, 0.1) is 0 Å². The number of carbonyl (C=O) groups is 2. The van der Waals surface area contributed by atoms with Crippen molar-refractivity contribution in [2.24, 2.45) is 0 Å². The molecular formula is C21H27N3O5S2. The number of sulfonamides is 1. The Balaban J connectivity index is 1.58. The van der Waals surface area contributed by atoms with E-state index in [1.54, 1.807) is 12.4 Å². The van der Waals surface area contributed by atoms with Crippen LogP contribution in [0.25, 0.3) is 0 Å². The first-order valence-corrected chi connectivity index (χ1v) is 12.3. The van der Waals surface area contributed by atoms with Crippen LogP contribution < -0.4 is 4.90 Å². The molecule has 1 aromatic carbocycles. The minimum absolute atomic E-state index is 0.00151. The molecule has 1 saturated heterocycles. The van der Waals surface area contributed by atoms with Gasteiger partial charge in [-0.3, -0.25) is 4.79 Å². The monoisotopic (exact) mass is 465 g/mol. The molecule has 1 aliphatic heterocycles. The lowest BCUT2D eigenvalue weighted by atomic mass is 10.2. The lowest BCUT2D eigenvalue weighted by Crippen LogP contribution is -2.31. The van der Waals surface area contributed by atoms with Crippen LogP contribution in [0.5, 0.6) is 0 Å². The summed E-state index contributed by atoms with van der Waals surface area (Å²) in [5.74, 6) is -1.17. The Morgan fingerprint density at radius 2 is 1.71 bits per heavy atom. The van der Waals surface area contributed by atoms with Crippen molar-refractivity contribution in [2.45, 2.75) is 24.3 Å². The number of likely N-dealkylation sites (N-methyl/N-ethyl adjacent to an activating group) is 1. The number of nitrogens with zero attached hydrogens (tertiary/aromatic N) is 3. The molecule has 0 aliphatic carbocycles. The Bertz CT molecular complexity index is 1030. The van der Waals surface area contributed by atoms with Gasteiger partial charge in [-0.05, 0) is 42.0 Å². The van der Waals surface area contributed by atoms with E-state index in [-0.39, 0.29) is 15.7 Å². The SMILES string of the molecule is CN(Cc1ccc(N(C)C)cc1)C(=O)COC(=O)c1sccc1S(=O)(=O)N1CCCC1. The van der Waals surface area contributed by atoms with E-state index in [1.165, 1.54) is 15.3 Å². The van der Waals surface area contributed by atoms with Crippen molar-refractivity contribution in [3.8, 4) is 0 Å². The quantitative estimate of drug-likeness (QED) is 0.557. The summed E-state index contributed by atoms with van der Waals surface area (Å²) in [6, 6.07) is 9.22. The Morgan fingerprint density at radius 1 is 1.06 bits per heavy atom. The molecule has 0 spiro atoms. The lowest BCUT2D eigenvalue weighted by molar-refractivity contribution is -0.133. The summed E-state index contributed by atoms with van der Waals surface area (Å²) >= 11 is 1.00. The molecule has 1 fully saturated rings. The summed E-state index contributed by atoms with van der Waals surface area (Å²) in [5, 5.41) is 1.55. The summed E-state index contributed by atoms with van der Waals surface area (Å²) in [6.45, 7) is 0.820. The summed E-state index contributed by atoms with van der Waals surface area (Å²) < 4.78 is 32.1. The van der Waals surface area contributed by atoms with E-state index in [9.17, 15) is 18.0 Å². The molecule has 0 bridgehead atoms. The molecule has 8 nitrogen and oxygen atoms in total. The highest BCUT2D eigenvalue weighted by atomic mass is 32.2. The Kier molecular flexibility index (Phi) is 7.34. The van der Waals surface area contributed by atoms with Crippen molar-refractivity contribution < 1.29 is 22.7 Å². The molecule has 31 heavy (non-hydrogen) atoms. The second kappa shape index (κ2) is 9.80. The first kappa shape index (κ1) is 23.2. The normalized spacial score (nSPS) is 14.4. The Hall–Kier alpha value is -2.43. The van der Waals surface area contributed by atoms with Gasteiger partial charge in [-0.1, -0.05) is 12.1 Å². The molecule has 2 aromatic rings. The Labute approximate surface area is 187 Å². The average Bonchev–Trinajstić information content (AvgIpc) is 3.44. The maximum Gasteiger partial charge on any atom is 0.350 e. The fourth-order valence-electron chi connectivity index (χ4n) is 3.28. The van der Waals surface area contributed by atoms with Crippen LogP contribution in [0.4, 0.5) is 5.69 Å². The van der Waals surface area contributed by atoms with Crippen molar-refractivity contribution in [1.82, 2.24) is 9.21 Å². The highest BCUT2D eigenvalue weighted by Gasteiger charge is 2.32. The first-order chi connectivity index (χ1) is 14.7. The molecule has 1 aromatic heterocycles. The van der Waals surface area contributed by atoms with Crippen molar-refractivity contribution in [3.63, 3.8) is 0 Å². The highest BCUT2D eigenvalue weighted by molar-refractivity contribution is 7.89. The van der Waals surface area contributed by atoms with E-state index >= 15 is 0 Å². The predicted molar refractivity (Wildman–Crippen MR) is 120 cm³/mol. The molecular weight excluding hydrogens is 438 g/mol. The van der Waals surface area contributed by atoms with Gasteiger partial charge in [-0.2, -0.15) is 4.31 Å². The van der Waals surface area contributed by atoms with Crippen molar-refractivity contribution >= 4 is 38.9 Å². The maximum absolute atomic E-state index is 12.8. The molecule has 0 atom stereocenters. The lowest BCUT2D eigenvalue weighted by Gasteiger charge is -2.18. The van der Waals surface area contributed by atoms with Crippen LogP contribution in [-0.2, 0) is 26.1 Å². The highest BCUT2D eigenvalue weighted by Crippen LogP contribution is 2.28. The van der Waals surface area contributed by atoms with Gasteiger partial charge in [0, 0.05) is 46.5 Å². The molecule has 1 aliphatic rings. The van der Waals surface area contributed by atoms with Crippen LogP contribution in [-0.4, -0.2) is 70.3 Å². The van der Waals surface area contributed by atoms with Gasteiger partial charge in [0.15, 0.2) is 6.61 Å². The molecule has 3 rings (SSSR count). The molecule has 1 amide bonds. The van der Waals surface area contributed by atoms with Gasteiger partial charge in [0.25, 0.3) is 5.91 Å². The van der Waals surface area contributed by atoms with Gasteiger partial charge < -0.3 is 14.5 Å². The van der Waals surface area contributed by atoms with Gasteiger partial charge in [-0.15, -0.1) is 11.3 Å². The van der Waals surface area contributed by atoms with Crippen LogP contribution in [0.2, 0.25) is 0 Å². The summed E-state index contributed by atoms with van der Waals surface area (Å²) in [4.78, 5) is 28.3. The number of benzene rings is 1. The number of hydrogen-bond acceptors (Lipinski definition) is 7. The molecule has 168 valence electrons. The van der Waals surface area contributed by atoms with E-state index in [2.05, 4.69) is 0 Å². The zero-order valence-corrected chi connectivity index (χ0v) is 19.5. The van der Waals surface area contributed by atoms with Crippen molar-refractivity contribution in [1.29, 1.82) is 0 Å². The molecule has 10 heteroatoms. The maximum atomic E-state index is 12.8.